The highest BCUT2D eigenvalue weighted by Gasteiger charge is 2.28. The van der Waals surface area contributed by atoms with Gasteiger partial charge in [-0.15, -0.1) is 0 Å². The van der Waals surface area contributed by atoms with E-state index in [1.807, 2.05) is 4.90 Å². The summed E-state index contributed by atoms with van der Waals surface area (Å²) in [6.07, 6.45) is 1.96. The molecular weight excluding hydrogens is 250 g/mol. The van der Waals surface area contributed by atoms with Crippen molar-refractivity contribution in [1.29, 1.82) is 0 Å². The molecule has 18 heavy (non-hydrogen) atoms. The topological polar surface area (TPSA) is 58.8 Å². The van der Waals surface area contributed by atoms with E-state index in [1.54, 1.807) is 0 Å². The van der Waals surface area contributed by atoms with E-state index in [4.69, 9.17) is 22.7 Å². The fourth-order valence-corrected chi connectivity index (χ4v) is 2.72. The van der Waals surface area contributed by atoms with E-state index in [2.05, 4.69) is 4.90 Å². The largest absolute Gasteiger partial charge is 0.392 e. The Morgan fingerprint density at radius 3 is 2.61 bits per heavy atom. The maximum atomic E-state index is 12.3. The van der Waals surface area contributed by atoms with Crippen LogP contribution in [0.15, 0.2) is 0 Å². The molecule has 2 N–H and O–H groups in total. The summed E-state index contributed by atoms with van der Waals surface area (Å²) < 4.78 is 5.38. The van der Waals surface area contributed by atoms with Gasteiger partial charge in [-0.2, -0.15) is 0 Å². The average Bonchev–Trinajstić information content (AvgIpc) is 2.39. The van der Waals surface area contributed by atoms with Gasteiger partial charge in [-0.05, 0) is 12.8 Å². The monoisotopic (exact) mass is 271 g/mol. The van der Waals surface area contributed by atoms with E-state index >= 15 is 0 Å². The van der Waals surface area contributed by atoms with Crippen molar-refractivity contribution in [3.63, 3.8) is 0 Å². The zero-order valence-electron chi connectivity index (χ0n) is 10.6. The van der Waals surface area contributed by atoms with Crippen molar-refractivity contribution in [2.75, 3.05) is 45.9 Å². The van der Waals surface area contributed by atoms with Crippen LogP contribution in [0.5, 0.6) is 0 Å². The van der Waals surface area contributed by atoms with Gasteiger partial charge in [0.2, 0.25) is 5.91 Å². The zero-order valence-corrected chi connectivity index (χ0v) is 11.5. The Hall–Kier alpha value is -0.720. The van der Waals surface area contributed by atoms with Gasteiger partial charge in [0.05, 0.1) is 17.5 Å². The lowest BCUT2D eigenvalue weighted by Gasteiger charge is -2.36. The van der Waals surface area contributed by atoms with Gasteiger partial charge in [0.25, 0.3) is 0 Å². The van der Waals surface area contributed by atoms with E-state index in [0.29, 0.717) is 18.1 Å². The molecule has 0 aromatic heterocycles. The highest BCUT2D eigenvalue weighted by Crippen LogP contribution is 2.17. The molecule has 0 aliphatic carbocycles. The molecule has 1 atom stereocenters. The normalized spacial score (nSPS) is 26.0. The minimum absolute atomic E-state index is 0.0703. The van der Waals surface area contributed by atoms with Crippen LogP contribution in [0.4, 0.5) is 0 Å². The Bertz CT molecular complexity index is 310. The van der Waals surface area contributed by atoms with Crippen LogP contribution in [-0.4, -0.2) is 66.6 Å². The Balaban J connectivity index is 1.78. The summed E-state index contributed by atoms with van der Waals surface area (Å²) in [5.41, 5.74) is 5.53. The first kappa shape index (κ1) is 13.7. The molecule has 2 heterocycles. The summed E-state index contributed by atoms with van der Waals surface area (Å²) in [4.78, 5) is 16.9. The van der Waals surface area contributed by atoms with E-state index in [9.17, 15) is 4.79 Å². The van der Waals surface area contributed by atoms with Crippen LogP contribution in [0.1, 0.15) is 12.8 Å². The molecule has 0 bridgehead atoms. The van der Waals surface area contributed by atoms with E-state index < -0.39 is 0 Å². The lowest BCUT2D eigenvalue weighted by Crippen LogP contribution is -2.52. The lowest BCUT2D eigenvalue weighted by atomic mass is 10.0. The van der Waals surface area contributed by atoms with E-state index in [1.165, 1.54) is 0 Å². The molecule has 0 saturated carbocycles. The number of hydrogen-bond donors (Lipinski definition) is 1. The van der Waals surface area contributed by atoms with Gasteiger partial charge >= 0.3 is 0 Å². The van der Waals surface area contributed by atoms with Crippen molar-refractivity contribution in [3.05, 3.63) is 0 Å². The molecule has 0 aromatic rings. The summed E-state index contributed by atoms with van der Waals surface area (Å²) in [6.45, 7) is 5.31. The summed E-state index contributed by atoms with van der Waals surface area (Å²) >= 11 is 4.90. The van der Waals surface area contributed by atoms with Crippen molar-refractivity contribution >= 4 is 23.1 Å². The van der Waals surface area contributed by atoms with E-state index in [-0.39, 0.29) is 11.8 Å². The predicted octanol–water partition coefficient (Wildman–Crippen LogP) is -0.157. The maximum Gasteiger partial charge on any atom is 0.228 e. The Labute approximate surface area is 113 Å². The highest BCUT2D eigenvalue weighted by atomic mass is 32.1. The minimum Gasteiger partial charge on any atom is -0.392 e. The zero-order chi connectivity index (χ0) is 13.0. The van der Waals surface area contributed by atoms with Gasteiger partial charge in [-0.25, -0.2) is 0 Å². The van der Waals surface area contributed by atoms with Gasteiger partial charge in [-0.1, -0.05) is 12.2 Å². The van der Waals surface area contributed by atoms with Crippen LogP contribution < -0.4 is 5.73 Å². The molecule has 0 aromatic carbocycles. The van der Waals surface area contributed by atoms with Crippen molar-refractivity contribution < 1.29 is 9.53 Å². The molecule has 1 unspecified atom stereocenters. The molecule has 2 fully saturated rings. The number of nitrogens with two attached hydrogens (primary N) is 1. The smallest absolute Gasteiger partial charge is 0.228 e. The number of carbonyl (C=O) groups is 1. The van der Waals surface area contributed by atoms with Crippen molar-refractivity contribution in [2.45, 2.75) is 12.8 Å². The number of amides is 1. The SMILES string of the molecule is NC(=S)CN1CCN(C(=O)C2CCCOC2)CC1. The van der Waals surface area contributed by atoms with Gasteiger partial charge in [0, 0.05) is 39.3 Å². The molecule has 0 radical (unpaired) electrons. The number of nitrogens with zero attached hydrogens (tertiary/aromatic N) is 2. The van der Waals surface area contributed by atoms with Crippen LogP contribution in [0.2, 0.25) is 0 Å². The molecule has 0 spiro atoms. The molecular formula is C12H21N3O2S. The molecule has 102 valence electrons. The average molecular weight is 271 g/mol. The second-order valence-electron chi connectivity index (χ2n) is 4.98. The Morgan fingerprint density at radius 2 is 2.06 bits per heavy atom. The first-order chi connectivity index (χ1) is 8.66. The molecule has 2 aliphatic heterocycles. The third-order valence-corrected chi connectivity index (χ3v) is 3.70. The maximum absolute atomic E-state index is 12.3. The fraction of sp³-hybridized carbons (Fsp3) is 0.833. The van der Waals surface area contributed by atoms with Gasteiger partial charge < -0.3 is 15.4 Å². The quantitative estimate of drug-likeness (QED) is 0.723. The van der Waals surface area contributed by atoms with Gasteiger partial charge in [0.15, 0.2) is 0 Å². The summed E-state index contributed by atoms with van der Waals surface area (Å²) in [6, 6.07) is 0. The van der Waals surface area contributed by atoms with Crippen molar-refractivity contribution in [2.24, 2.45) is 11.7 Å². The number of carbonyl (C=O) groups excluding carboxylic acids is 1. The molecule has 2 aliphatic rings. The Kier molecular flexibility index (Phi) is 4.91. The Morgan fingerprint density at radius 1 is 1.33 bits per heavy atom. The third kappa shape index (κ3) is 3.63. The fourth-order valence-electron chi connectivity index (χ4n) is 2.54. The molecule has 1 amide bonds. The molecule has 5 nitrogen and oxygen atoms in total. The van der Waals surface area contributed by atoms with Crippen LogP contribution in [-0.2, 0) is 9.53 Å². The van der Waals surface area contributed by atoms with Crippen LogP contribution in [0.3, 0.4) is 0 Å². The predicted molar refractivity (Wildman–Crippen MR) is 73.3 cm³/mol. The standard InChI is InChI=1S/C12H21N3O2S/c13-11(18)8-14-3-5-15(6-4-14)12(16)10-2-1-7-17-9-10/h10H,1-9H2,(H2,13,18). The number of rotatable bonds is 3. The van der Waals surface area contributed by atoms with Crippen LogP contribution in [0, 0.1) is 5.92 Å². The lowest BCUT2D eigenvalue weighted by molar-refractivity contribution is -0.141. The van der Waals surface area contributed by atoms with Gasteiger partial charge in [-0.3, -0.25) is 9.69 Å². The molecule has 2 rings (SSSR count). The van der Waals surface area contributed by atoms with Crippen molar-refractivity contribution in [1.82, 2.24) is 9.80 Å². The van der Waals surface area contributed by atoms with Crippen LogP contribution in [0.25, 0.3) is 0 Å². The second-order valence-corrected chi connectivity index (χ2v) is 5.51. The van der Waals surface area contributed by atoms with Gasteiger partial charge in [0.1, 0.15) is 0 Å². The van der Waals surface area contributed by atoms with E-state index in [0.717, 1.165) is 45.6 Å². The summed E-state index contributed by atoms with van der Waals surface area (Å²) in [5.74, 6) is 0.325. The number of hydrogen-bond acceptors (Lipinski definition) is 4. The van der Waals surface area contributed by atoms with Crippen LogP contribution >= 0.6 is 12.2 Å². The summed E-state index contributed by atoms with van der Waals surface area (Å²) in [5, 5.41) is 0. The number of piperazine rings is 1. The third-order valence-electron chi connectivity index (χ3n) is 3.57. The van der Waals surface area contributed by atoms with Crippen molar-refractivity contribution in [3.8, 4) is 0 Å². The summed E-state index contributed by atoms with van der Waals surface area (Å²) in [7, 11) is 0. The highest BCUT2D eigenvalue weighted by molar-refractivity contribution is 7.80. The number of thiocarbonyl (C=S) groups is 1. The number of ether oxygens (including phenoxy) is 1. The molecule has 2 saturated heterocycles. The minimum atomic E-state index is 0.0703. The first-order valence-corrected chi connectivity index (χ1v) is 6.95. The first-order valence-electron chi connectivity index (χ1n) is 6.54. The molecule has 6 heteroatoms. The second kappa shape index (κ2) is 6.45.